The van der Waals surface area contributed by atoms with Crippen molar-refractivity contribution in [2.75, 3.05) is 0 Å². The first-order chi connectivity index (χ1) is 10.6. The molecule has 0 heterocycles. The topological polar surface area (TPSA) is 17.1 Å². The van der Waals surface area contributed by atoms with Crippen molar-refractivity contribution >= 4 is 16.9 Å². The highest BCUT2D eigenvalue weighted by molar-refractivity contribution is 6.13. The predicted molar refractivity (Wildman–Crippen MR) is 90.1 cm³/mol. The molecule has 0 spiro atoms. The number of benzene rings is 2. The van der Waals surface area contributed by atoms with Crippen molar-refractivity contribution in [3.63, 3.8) is 0 Å². The quantitative estimate of drug-likeness (QED) is 0.772. The SMILES string of the molecule is C[C@@H]1C(=O)[C@@]2(C)C[C@@H]1C(c1ccccc1)=C2c1ccccc1. The zero-order chi connectivity index (χ0) is 15.3. The maximum Gasteiger partial charge on any atom is 0.146 e. The van der Waals surface area contributed by atoms with Crippen LogP contribution in [0.5, 0.6) is 0 Å². The lowest BCUT2D eigenvalue weighted by atomic mass is 9.72. The van der Waals surface area contributed by atoms with Gasteiger partial charge in [0.1, 0.15) is 5.78 Å². The maximum atomic E-state index is 12.8. The van der Waals surface area contributed by atoms with Gasteiger partial charge in [0.05, 0.1) is 5.41 Å². The molecule has 2 bridgehead atoms. The number of Topliss-reactive ketones (excluding diaryl/α,β-unsaturated/α-hetero) is 1. The number of hydrogen-bond donors (Lipinski definition) is 0. The van der Waals surface area contributed by atoms with Gasteiger partial charge in [0.25, 0.3) is 0 Å². The molecule has 110 valence electrons. The minimum absolute atomic E-state index is 0.132. The van der Waals surface area contributed by atoms with E-state index in [2.05, 4.69) is 68.4 Å². The molecule has 2 aliphatic rings. The van der Waals surface area contributed by atoms with Gasteiger partial charge in [-0.05, 0) is 41.5 Å². The summed E-state index contributed by atoms with van der Waals surface area (Å²) in [6.45, 7) is 4.24. The summed E-state index contributed by atoms with van der Waals surface area (Å²) in [5.74, 6) is 0.902. The molecule has 2 aliphatic carbocycles. The highest BCUT2D eigenvalue weighted by atomic mass is 16.1. The number of ketones is 1. The van der Waals surface area contributed by atoms with Crippen LogP contribution in [-0.4, -0.2) is 5.78 Å². The molecule has 0 amide bonds. The van der Waals surface area contributed by atoms with Gasteiger partial charge in [-0.3, -0.25) is 4.79 Å². The van der Waals surface area contributed by atoms with Crippen LogP contribution in [0.25, 0.3) is 11.1 Å². The number of allylic oxidation sites excluding steroid dienone is 2. The van der Waals surface area contributed by atoms with Crippen molar-refractivity contribution in [1.29, 1.82) is 0 Å². The fourth-order valence-corrected chi connectivity index (χ4v) is 4.52. The molecule has 1 fully saturated rings. The lowest BCUT2D eigenvalue weighted by molar-refractivity contribution is -0.125. The molecule has 0 unspecified atom stereocenters. The van der Waals surface area contributed by atoms with E-state index in [4.69, 9.17) is 0 Å². The van der Waals surface area contributed by atoms with Crippen molar-refractivity contribution in [2.45, 2.75) is 20.3 Å². The lowest BCUT2D eigenvalue weighted by Crippen LogP contribution is -2.29. The van der Waals surface area contributed by atoms with Crippen molar-refractivity contribution in [3.05, 3.63) is 71.8 Å². The zero-order valence-corrected chi connectivity index (χ0v) is 13.0. The second kappa shape index (κ2) is 4.67. The molecule has 2 aromatic rings. The average molecular weight is 288 g/mol. The predicted octanol–water partition coefficient (Wildman–Crippen LogP) is 4.84. The summed E-state index contributed by atoms with van der Waals surface area (Å²) in [6, 6.07) is 21.0. The molecule has 0 N–H and O–H groups in total. The molecular weight excluding hydrogens is 268 g/mol. The highest BCUT2D eigenvalue weighted by Crippen LogP contribution is 2.63. The van der Waals surface area contributed by atoms with Gasteiger partial charge in [-0.2, -0.15) is 0 Å². The Bertz CT molecular complexity index is 757. The summed E-state index contributed by atoms with van der Waals surface area (Å²) >= 11 is 0. The Kier molecular flexibility index (Phi) is 2.87. The highest BCUT2D eigenvalue weighted by Gasteiger charge is 2.57. The first-order valence-electron chi connectivity index (χ1n) is 8.03. The molecule has 0 aromatic heterocycles. The van der Waals surface area contributed by atoms with E-state index < -0.39 is 0 Å². The van der Waals surface area contributed by atoms with Crippen molar-refractivity contribution in [3.8, 4) is 0 Å². The fourth-order valence-electron chi connectivity index (χ4n) is 4.52. The smallest absolute Gasteiger partial charge is 0.146 e. The molecule has 1 nitrogen and oxygen atoms in total. The van der Waals surface area contributed by atoms with Crippen LogP contribution >= 0.6 is 0 Å². The molecule has 1 heteroatoms. The monoisotopic (exact) mass is 288 g/mol. The van der Waals surface area contributed by atoms with E-state index in [-0.39, 0.29) is 11.3 Å². The first kappa shape index (κ1) is 13.5. The minimum Gasteiger partial charge on any atom is -0.298 e. The van der Waals surface area contributed by atoms with Crippen LogP contribution in [0.2, 0.25) is 0 Å². The largest absolute Gasteiger partial charge is 0.298 e. The van der Waals surface area contributed by atoms with Crippen LogP contribution in [0.15, 0.2) is 60.7 Å². The number of rotatable bonds is 2. The molecule has 0 saturated heterocycles. The van der Waals surface area contributed by atoms with Crippen LogP contribution in [0.3, 0.4) is 0 Å². The normalized spacial score (nSPS) is 30.2. The van der Waals surface area contributed by atoms with Crippen LogP contribution < -0.4 is 0 Å². The van der Waals surface area contributed by atoms with Crippen molar-refractivity contribution in [2.24, 2.45) is 17.3 Å². The molecular formula is C21H20O. The summed E-state index contributed by atoms with van der Waals surface area (Å²) in [7, 11) is 0. The minimum atomic E-state index is -0.323. The van der Waals surface area contributed by atoms with Crippen molar-refractivity contribution < 1.29 is 4.79 Å². The molecule has 1 saturated carbocycles. The molecule has 4 rings (SSSR count). The Morgan fingerprint density at radius 1 is 0.909 bits per heavy atom. The standard InChI is InChI=1S/C21H20O/c1-14-17-13-21(2,20(14)22)19(16-11-7-4-8-12-16)18(17)15-9-5-3-6-10-15/h3-12,14,17H,13H2,1-2H3/t14-,17-,21-/m0/s1. The second-order valence-electron chi connectivity index (χ2n) is 6.82. The Balaban J connectivity index is 2.01. The van der Waals surface area contributed by atoms with Crippen LogP contribution in [-0.2, 0) is 4.79 Å². The van der Waals surface area contributed by atoms with Gasteiger partial charge in [-0.1, -0.05) is 67.6 Å². The van der Waals surface area contributed by atoms with Gasteiger partial charge < -0.3 is 0 Å². The molecule has 22 heavy (non-hydrogen) atoms. The van der Waals surface area contributed by atoms with E-state index in [9.17, 15) is 4.79 Å². The van der Waals surface area contributed by atoms with E-state index in [1.807, 2.05) is 6.07 Å². The van der Waals surface area contributed by atoms with Crippen LogP contribution in [0.1, 0.15) is 31.4 Å². The average Bonchev–Trinajstić information content (AvgIpc) is 2.99. The summed E-state index contributed by atoms with van der Waals surface area (Å²) in [5, 5.41) is 0. The summed E-state index contributed by atoms with van der Waals surface area (Å²) in [5.41, 5.74) is 4.80. The van der Waals surface area contributed by atoms with Gasteiger partial charge >= 0.3 is 0 Å². The Morgan fingerprint density at radius 2 is 1.45 bits per heavy atom. The number of carbonyl (C=O) groups excluding carboxylic acids is 1. The Hall–Kier alpha value is -2.15. The number of fused-ring (bicyclic) bond motifs is 2. The lowest BCUT2D eigenvalue weighted by Gasteiger charge is -2.30. The van der Waals surface area contributed by atoms with Crippen LogP contribution in [0, 0.1) is 17.3 Å². The van der Waals surface area contributed by atoms with Gasteiger partial charge in [0.15, 0.2) is 0 Å². The Morgan fingerprint density at radius 3 is 2.05 bits per heavy atom. The van der Waals surface area contributed by atoms with Gasteiger partial charge in [0, 0.05) is 5.92 Å². The van der Waals surface area contributed by atoms with Crippen molar-refractivity contribution in [1.82, 2.24) is 0 Å². The third kappa shape index (κ3) is 1.68. The van der Waals surface area contributed by atoms with Gasteiger partial charge in [0.2, 0.25) is 0 Å². The van der Waals surface area contributed by atoms with E-state index in [1.165, 1.54) is 22.3 Å². The van der Waals surface area contributed by atoms with Crippen LogP contribution in [0.4, 0.5) is 0 Å². The summed E-state index contributed by atoms with van der Waals surface area (Å²) in [6.07, 6.45) is 0.960. The molecule has 0 aliphatic heterocycles. The third-order valence-corrected chi connectivity index (χ3v) is 5.53. The molecule has 2 aromatic carbocycles. The third-order valence-electron chi connectivity index (χ3n) is 5.53. The summed E-state index contributed by atoms with van der Waals surface area (Å²) in [4.78, 5) is 12.8. The first-order valence-corrected chi connectivity index (χ1v) is 8.03. The molecule has 0 radical (unpaired) electrons. The molecule has 3 atom stereocenters. The van der Waals surface area contributed by atoms with E-state index in [0.29, 0.717) is 11.7 Å². The zero-order valence-electron chi connectivity index (χ0n) is 13.0. The maximum absolute atomic E-state index is 12.8. The van der Waals surface area contributed by atoms with E-state index >= 15 is 0 Å². The number of hydrogen-bond acceptors (Lipinski definition) is 1. The van der Waals surface area contributed by atoms with Gasteiger partial charge in [-0.25, -0.2) is 0 Å². The Labute approximate surface area is 131 Å². The fraction of sp³-hybridized carbons (Fsp3) is 0.286. The number of carbonyl (C=O) groups is 1. The summed E-state index contributed by atoms with van der Waals surface area (Å²) < 4.78 is 0. The van der Waals surface area contributed by atoms with E-state index in [0.717, 1.165) is 6.42 Å². The van der Waals surface area contributed by atoms with E-state index in [1.54, 1.807) is 0 Å². The van der Waals surface area contributed by atoms with Gasteiger partial charge in [-0.15, -0.1) is 0 Å². The second-order valence-corrected chi connectivity index (χ2v) is 6.82.